The lowest BCUT2D eigenvalue weighted by Gasteiger charge is -2.13. The molecule has 3 heteroatoms. The van der Waals surface area contributed by atoms with Gasteiger partial charge in [-0.1, -0.05) is 66.2 Å². The summed E-state index contributed by atoms with van der Waals surface area (Å²) in [5, 5.41) is 2.52. The SMILES string of the molecule is Clc1cc(-c2ccccc2)cc2c3c(oc12)C1SC3c2ccccc21. The van der Waals surface area contributed by atoms with Gasteiger partial charge in [-0.05, 0) is 34.4 Å². The van der Waals surface area contributed by atoms with Crippen LogP contribution in [0.1, 0.15) is 33.0 Å². The van der Waals surface area contributed by atoms with Gasteiger partial charge >= 0.3 is 0 Å². The Bertz CT molecular complexity index is 1150. The van der Waals surface area contributed by atoms with Gasteiger partial charge in [-0.25, -0.2) is 0 Å². The van der Waals surface area contributed by atoms with Crippen molar-refractivity contribution in [3.05, 3.63) is 94.2 Å². The molecule has 3 aromatic carbocycles. The highest BCUT2D eigenvalue weighted by atomic mass is 35.5. The van der Waals surface area contributed by atoms with Gasteiger partial charge in [0.2, 0.25) is 0 Å². The zero-order valence-corrected chi connectivity index (χ0v) is 14.8. The van der Waals surface area contributed by atoms with E-state index in [1.54, 1.807) is 0 Å². The predicted octanol–water partition coefficient (Wildman–Crippen LogP) is 6.99. The van der Waals surface area contributed by atoms with E-state index in [-0.39, 0.29) is 0 Å². The Kier molecular flexibility index (Phi) is 2.77. The van der Waals surface area contributed by atoms with Gasteiger partial charge < -0.3 is 4.42 Å². The van der Waals surface area contributed by atoms with Crippen molar-refractivity contribution in [3.8, 4) is 11.1 Å². The minimum Gasteiger partial charge on any atom is -0.458 e. The van der Waals surface area contributed by atoms with Crippen molar-refractivity contribution in [2.75, 3.05) is 0 Å². The lowest BCUT2D eigenvalue weighted by Crippen LogP contribution is -1.99. The molecule has 3 heterocycles. The fraction of sp³-hybridized carbons (Fsp3) is 0.0909. The summed E-state index contributed by atoms with van der Waals surface area (Å²) in [7, 11) is 0. The number of furan rings is 1. The fourth-order valence-corrected chi connectivity index (χ4v) is 6.09. The molecule has 2 bridgehead atoms. The first-order chi connectivity index (χ1) is 12.3. The van der Waals surface area contributed by atoms with Crippen molar-refractivity contribution in [1.82, 2.24) is 0 Å². The summed E-state index contributed by atoms with van der Waals surface area (Å²) >= 11 is 8.59. The molecule has 2 aliphatic rings. The Balaban J connectivity index is 1.62. The minimum atomic E-state index is 0.305. The van der Waals surface area contributed by atoms with Crippen LogP contribution in [0.25, 0.3) is 22.1 Å². The van der Waals surface area contributed by atoms with Gasteiger partial charge in [-0.3, -0.25) is 0 Å². The smallest absolute Gasteiger partial charge is 0.153 e. The quantitative estimate of drug-likeness (QED) is 0.362. The molecule has 25 heavy (non-hydrogen) atoms. The van der Waals surface area contributed by atoms with Gasteiger partial charge in [0.05, 0.1) is 15.5 Å². The number of halogens is 1. The van der Waals surface area contributed by atoms with Crippen molar-refractivity contribution in [3.63, 3.8) is 0 Å². The van der Waals surface area contributed by atoms with Crippen LogP contribution in [-0.4, -0.2) is 0 Å². The summed E-state index contributed by atoms with van der Waals surface area (Å²) in [4.78, 5) is 0. The van der Waals surface area contributed by atoms with Crippen LogP contribution in [0.2, 0.25) is 5.02 Å². The Morgan fingerprint density at radius 1 is 0.800 bits per heavy atom. The Hall–Kier alpha value is -2.16. The third-order valence-corrected chi connectivity index (χ3v) is 7.03. The van der Waals surface area contributed by atoms with E-state index in [0.717, 1.165) is 22.3 Å². The second kappa shape index (κ2) is 4.94. The van der Waals surface area contributed by atoms with Crippen LogP contribution in [0, 0.1) is 0 Å². The number of benzene rings is 3. The molecule has 1 aromatic heterocycles. The Morgan fingerprint density at radius 3 is 2.32 bits per heavy atom. The highest BCUT2D eigenvalue weighted by Crippen LogP contribution is 2.66. The number of fused-ring (bicyclic) bond motifs is 10. The Morgan fingerprint density at radius 2 is 1.52 bits per heavy atom. The summed E-state index contributed by atoms with van der Waals surface area (Å²) in [6.07, 6.45) is 0. The molecule has 2 unspecified atom stereocenters. The van der Waals surface area contributed by atoms with E-state index in [2.05, 4.69) is 54.6 Å². The monoisotopic (exact) mass is 360 g/mol. The van der Waals surface area contributed by atoms with Crippen LogP contribution >= 0.6 is 23.4 Å². The summed E-state index contributed by atoms with van der Waals surface area (Å²) in [6, 6.07) is 23.4. The molecule has 0 N–H and O–H groups in total. The summed E-state index contributed by atoms with van der Waals surface area (Å²) < 4.78 is 6.27. The molecule has 0 aliphatic carbocycles. The van der Waals surface area contributed by atoms with Crippen LogP contribution in [0.3, 0.4) is 0 Å². The zero-order chi connectivity index (χ0) is 16.5. The maximum absolute atomic E-state index is 6.61. The first kappa shape index (κ1) is 14.1. The van der Waals surface area contributed by atoms with Gasteiger partial charge in [0.1, 0.15) is 5.76 Å². The normalized spacial score (nSPS) is 20.0. The molecule has 0 saturated carbocycles. The van der Waals surface area contributed by atoms with E-state index in [9.17, 15) is 0 Å². The molecule has 2 aliphatic heterocycles. The molecule has 4 aromatic rings. The van der Waals surface area contributed by atoms with Gasteiger partial charge in [-0.15, -0.1) is 11.8 Å². The van der Waals surface area contributed by atoms with E-state index < -0.39 is 0 Å². The third-order valence-electron chi connectivity index (χ3n) is 5.25. The van der Waals surface area contributed by atoms with Gasteiger partial charge in [0.25, 0.3) is 0 Å². The van der Waals surface area contributed by atoms with E-state index in [0.29, 0.717) is 15.5 Å². The number of rotatable bonds is 1. The van der Waals surface area contributed by atoms with Gasteiger partial charge in [0, 0.05) is 10.9 Å². The van der Waals surface area contributed by atoms with E-state index in [1.165, 1.54) is 22.3 Å². The summed E-state index contributed by atoms with van der Waals surface area (Å²) in [5.41, 5.74) is 7.29. The second-order valence-electron chi connectivity index (χ2n) is 6.61. The average molecular weight is 361 g/mol. The summed E-state index contributed by atoms with van der Waals surface area (Å²) in [5.74, 6) is 1.09. The molecule has 0 amide bonds. The van der Waals surface area contributed by atoms with Crippen LogP contribution in [0.5, 0.6) is 0 Å². The highest BCUT2D eigenvalue weighted by Gasteiger charge is 2.46. The zero-order valence-electron chi connectivity index (χ0n) is 13.2. The van der Waals surface area contributed by atoms with Crippen molar-refractivity contribution in [1.29, 1.82) is 0 Å². The van der Waals surface area contributed by atoms with Crippen LogP contribution < -0.4 is 0 Å². The van der Waals surface area contributed by atoms with Crippen molar-refractivity contribution in [2.24, 2.45) is 0 Å². The fourth-order valence-electron chi connectivity index (χ4n) is 4.16. The standard InChI is InChI=1S/C22H13ClOS/c23-17-11-13(12-6-2-1-3-7-12)10-16-18-20(24-19(16)17)22-15-9-5-4-8-14(15)21(18)25-22/h1-11,21-22H. The number of thioether (sulfide) groups is 1. The molecular formula is C22H13ClOS. The third kappa shape index (κ3) is 1.81. The average Bonchev–Trinajstić information content (AvgIpc) is 3.32. The molecule has 0 fully saturated rings. The van der Waals surface area contributed by atoms with Gasteiger partial charge in [0.15, 0.2) is 5.58 Å². The van der Waals surface area contributed by atoms with E-state index >= 15 is 0 Å². The van der Waals surface area contributed by atoms with E-state index in [1.807, 2.05) is 23.9 Å². The van der Waals surface area contributed by atoms with E-state index in [4.69, 9.17) is 16.0 Å². The number of hydrogen-bond acceptors (Lipinski definition) is 2. The lowest BCUT2D eigenvalue weighted by molar-refractivity contribution is 0.555. The highest BCUT2D eigenvalue weighted by molar-refractivity contribution is 8.00. The molecule has 120 valence electrons. The molecule has 0 spiro atoms. The van der Waals surface area contributed by atoms with Gasteiger partial charge in [-0.2, -0.15) is 0 Å². The topological polar surface area (TPSA) is 13.1 Å². The first-order valence-electron chi connectivity index (χ1n) is 8.37. The van der Waals surface area contributed by atoms with Crippen molar-refractivity contribution in [2.45, 2.75) is 10.5 Å². The second-order valence-corrected chi connectivity index (χ2v) is 8.23. The van der Waals surface area contributed by atoms with Crippen LogP contribution in [0.15, 0.2) is 71.1 Å². The molecule has 1 nitrogen and oxygen atoms in total. The largest absolute Gasteiger partial charge is 0.458 e. The molecule has 2 atom stereocenters. The molecule has 0 saturated heterocycles. The maximum atomic E-state index is 6.61. The van der Waals surface area contributed by atoms with Crippen molar-refractivity contribution >= 4 is 34.3 Å². The number of hydrogen-bond donors (Lipinski definition) is 0. The maximum Gasteiger partial charge on any atom is 0.153 e. The van der Waals surface area contributed by atoms with Crippen LogP contribution in [-0.2, 0) is 0 Å². The Labute approximate surface area is 154 Å². The minimum absolute atomic E-state index is 0.305. The first-order valence-corrected chi connectivity index (χ1v) is 9.69. The van der Waals surface area contributed by atoms with Crippen LogP contribution in [0.4, 0.5) is 0 Å². The lowest BCUT2D eigenvalue weighted by atomic mass is 9.89. The molecular weight excluding hydrogens is 348 g/mol. The predicted molar refractivity (Wildman–Crippen MR) is 104 cm³/mol. The summed E-state index contributed by atoms with van der Waals surface area (Å²) in [6.45, 7) is 0. The molecule has 6 rings (SSSR count). The van der Waals surface area contributed by atoms with Crippen molar-refractivity contribution < 1.29 is 4.42 Å². The molecule has 0 radical (unpaired) electrons.